The fourth-order valence-electron chi connectivity index (χ4n) is 1.10. The van der Waals surface area contributed by atoms with E-state index in [4.69, 9.17) is 17.4 Å². The third-order valence-corrected chi connectivity index (χ3v) is 2.78. The van der Waals surface area contributed by atoms with Gasteiger partial charge in [-0.25, -0.2) is 20.8 Å². The molecule has 0 aliphatic carbocycles. The minimum Gasteiger partial charge on any atom is -0.308 e. The van der Waals surface area contributed by atoms with Crippen molar-refractivity contribution in [1.29, 1.82) is 0 Å². The molecule has 0 radical (unpaired) electrons. The van der Waals surface area contributed by atoms with Crippen LogP contribution in [0, 0.1) is 6.92 Å². The van der Waals surface area contributed by atoms with Gasteiger partial charge < -0.3 is 5.43 Å². The topological polar surface area (TPSA) is 76.7 Å². The van der Waals surface area contributed by atoms with E-state index in [9.17, 15) is 0 Å². The van der Waals surface area contributed by atoms with Crippen LogP contribution < -0.4 is 11.3 Å². The summed E-state index contributed by atoms with van der Waals surface area (Å²) in [5, 5.41) is 0.681. The molecule has 5 nitrogen and oxygen atoms in total. The molecule has 0 aliphatic heterocycles. The molecule has 15 heavy (non-hydrogen) atoms. The Kier molecular flexibility index (Phi) is 2.81. The molecule has 78 valence electrons. The third kappa shape index (κ3) is 2.23. The zero-order valence-electron chi connectivity index (χ0n) is 7.86. The number of anilines is 1. The predicted octanol–water partition coefficient (Wildman–Crippen LogP) is 1.85. The van der Waals surface area contributed by atoms with Crippen molar-refractivity contribution in [3.8, 4) is 10.8 Å². The van der Waals surface area contributed by atoms with Crippen molar-refractivity contribution in [3.05, 3.63) is 22.3 Å². The third-order valence-electron chi connectivity index (χ3n) is 1.67. The van der Waals surface area contributed by atoms with Crippen molar-refractivity contribution >= 4 is 28.8 Å². The monoisotopic (exact) mass is 241 g/mol. The fourth-order valence-corrected chi connectivity index (χ4v) is 1.94. The van der Waals surface area contributed by atoms with E-state index in [1.54, 1.807) is 12.3 Å². The lowest BCUT2D eigenvalue weighted by Crippen LogP contribution is -2.09. The maximum atomic E-state index is 5.78. The van der Waals surface area contributed by atoms with Crippen LogP contribution in [0.2, 0.25) is 4.34 Å². The number of aryl methyl sites for hydroxylation is 1. The Hall–Kier alpha value is -1.24. The Balaban J connectivity index is 2.48. The van der Waals surface area contributed by atoms with Gasteiger partial charge in [-0.1, -0.05) is 22.9 Å². The Labute approximate surface area is 95.3 Å². The van der Waals surface area contributed by atoms with Crippen molar-refractivity contribution in [2.75, 3.05) is 5.43 Å². The van der Waals surface area contributed by atoms with Gasteiger partial charge in [-0.3, -0.25) is 0 Å². The SMILES string of the molecule is Cc1cc(NN)nc(-c2ncc(Cl)s2)n1. The van der Waals surface area contributed by atoms with Gasteiger partial charge in [-0.15, -0.1) is 0 Å². The number of nitrogen functional groups attached to an aromatic ring is 1. The molecule has 0 fully saturated rings. The highest BCUT2D eigenvalue weighted by molar-refractivity contribution is 7.18. The minimum absolute atomic E-state index is 0.528. The second-order valence-electron chi connectivity index (χ2n) is 2.83. The van der Waals surface area contributed by atoms with Crippen molar-refractivity contribution in [3.63, 3.8) is 0 Å². The van der Waals surface area contributed by atoms with Crippen LogP contribution in [-0.4, -0.2) is 15.0 Å². The van der Waals surface area contributed by atoms with Crippen LogP contribution in [0.1, 0.15) is 5.69 Å². The molecular weight excluding hydrogens is 234 g/mol. The molecule has 2 rings (SSSR count). The van der Waals surface area contributed by atoms with Crippen molar-refractivity contribution < 1.29 is 0 Å². The largest absolute Gasteiger partial charge is 0.308 e. The molecule has 0 spiro atoms. The number of hydrogen-bond donors (Lipinski definition) is 2. The van der Waals surface area contributed by atoms with Gasteiger partial charge in [0.1, 0.15) is 10.2 Å². The summed E-state index contributed by atoms with van der Waals surface area (Å²) in [6.45, 7) is 1.86. The van der Waals surface area contributed by atoms with Crippen LogP contribution in [0.5, 0.6) is 0 Å². The van der Waals surface area contributed by atoms with E-state index in [0.717, 1.165) is 5.69 Å². The molecule has 0 saturated carbocycles. The normalized spacial score (nSPS) is 10.3. The van der Waals surface area contributed by atoms with E-state index in [-0.39, 0.29) is 0 Å². The Morgan fingerprint density at radius 1 is 1.47 bits per heavy atom. The standard InChI is InChI=1S/C8H8ClN5S/c1-4-2-6(14-10)13-7(12-4)8-11-3-5(9)15-8/h2-3H,10H2,1H3,(H,12,13,14). The highest BCUT2D eigenvalue weighted by atomic mass is 35.5. The summed E-state index contributed by atoms with van der Waals surface area (Å²) in [4.78, 5) is 12.5. The number of halogens is 1. The Bertz CT molecular complexity index is 484. The van der Waals surface area contributed by atoms with Crippen LogP contribution in [0.3, 0.4) is 0 Å². The number of hydrogen-bond acceptors (Lipinski definition) is 6. The summed E-state index contributed by atoms with van der Waals surface area (Å²) in [6, 6.07) is 1.75. The molecule has 0 saturated heterocycles. The van der Waals surface area contributed by atoms with Gasteiger partial charge in [-0.2, -0.15) is 0 Å². The molecule has 2 aromatic heterocycles. The maximum absolute atomic E-state index is 5.78. The van der Waals surface area contributed by atoms with Crippen molar-refractivity contribution in [2.45, 2.75) is 6.92 Å². The zero-order chi connectivity index (χ0) is 10.8. The first kappa shape index (κ1) is 10.3. The average Bonchev–Trinajstić information content (AvgIpc) is 2.64. The lowest BCUT2D eigenvalue weighted by Gasteiger charge is -2.02. The van der Waals surface area contributed by atoms with E-state index in [2.05, 4.69) is 20.4 Å². The first-order valence-electron chi connectivity index (χ1n) is 4.13. The molecule has 0 atom stereocenters. The lowest BCUT2D eigenvalue weighted by molar-refractivity contribution is 1.09. The van der Waals surface area contributed by atoms with Crippen LogP contribution in [-0.2, 0) is 0 Å². The number of thiazole rings is 1. The van der Waals surface area contributed by atoms with Gasteiger partial charge in [0, 0.05) is 11.8 Å². The second-order valence-corrected chi connectivity index (χ2v) is 4.49. The molecule has 0 aliphatic rings. The van der Waals surface area contributed by atoms with E-state index >= 15 is 0 Å². The van der Waals surface area contributed by atoms with Crippen molar-refractivity contribution in [2.24, 2.45) is 5.84 Å². The maximum Gasteiger partial charge on any atom is 0.191 e. The van der Waals surface area contributed by atoms with Gasteiger partial charge in [0.25, 0.3) is 0 Å². The van der Waals surface area contributed by atoms with Crippen LogP contribution in [0.4, 0.5) is 5.82 Å². The summed E-state index contributed by atoms with van der Waals surface area (Å²) in [7, 11) is 0. The van der Waals surface area contributed by atoms with Gasteiger partial charge in [0.15, 0.2) is 10.8 Å². The summed E-state index contributed by atoms with van der Waals surface area (Å²) >= 11 is 7.11. The minimum atomic E-state index is 0.528. The van der Waals surface area contributed by atoms with Crippen LogP contribution in [0.25, 0.3) is 10.8 Å². The Morgan fingerprint density at radius 3 is 2.87 bits per heavy atom. The van der Waals surface area contributed by atoms with Gasteiger partial charge >= 0.3 is 0 Å². The fraction of sp³-hybridized carbons (Fsp3) is 0.125. The van der Waals surface area contributed by atoms with Gasteiger partial charge in [0.05, 0.1) is 6.20 Å². The molecule has 0 unspecified atom stereocenters. The van der Waals surface area contributed by atoms with Gasteiger partial charge in [-0.05, 0) is 6.92 Å². The summed E-state index contributed by atoms with van der Waals surface area (Å²) < 4.78 is 0.609. The van der Waals surface area contributed by atoms with Gasteiger partial charge in [0.2, 0.25) is 0 Å². The molecule has 2 heterocycles. The summed E-state index contributed by atoms with van der Waals surface area (Å²) in [5.41, 5.74) is 3.30. The Morgan fingerprint density at radius 2 is 2.27 bits per heavy atom. The number of nitrogens with two attached hydrogens (primary N) is 1. The molecule has 2 aromatic rings. The number of nitrogens with one attached hydrogen (secondary N) is 1. The lowest BCUT2D eigenvalue weighted by atomic mass is 10.4. The molecule has 0 amide bonds. The van der Waals surface area contributed by atoms with Crippen LogP contribution in [0.15, 0.2) is 12.3 Å². The number of rotatable bonds is 2. The second kappa shape index (κ2) is 4.09. The van der Waals surface area contributed by atoms with Crippen LogP contribution >= 0.6 is 22.9 Å². The molecular formula is C8H8ClN5S. The first-order chi connectivity index (χ1) is 7.19. The predicted molar refractivity (Wildman–Crippen MR) is 60.7 cm³/mol. The van der Waals surface area contributed by atoms with E-state index in [1.807, 2.05) is 6.92 Å². The molecule has 0 bridgehead atoms. The molecule has 3 N–H and O–H groups in total. The smallest absolute Gasteiger partial charge is 0.191 e. The highest BCUT2D eigenvalue weighted by Gasteiger charge is 2.08. The van der Waals surface area contributed by atoms with E-state index in [1.165, 1.54) is 11.3 Å². The highest BCUT2D eigenvalue weighted by Crippen LogP contribution is 2.26. The zero-order valence-corrected chi connectivity index (χ0v) is 9.43. The quantitative estimate of drug-likeness (QED) is 0.620. The number of nitrogens with zero attached hydrogens (tertiary/aromatic N) is 3. The van der Waals surface area contributed by atoms with Crippen molar-refractivity contribution in [1.82, 2.24) is 15.0 Å². The molecule has 0 aromatic carbocycles. The summed E-state index contributed by atoms with van der Waals surface area (Å²) in [5.74, 6) is 6.37. The average molecular weight is 242 g/mol. The molecule has 7 heteroatoms. The number of aromatic nitrogens is 3. The van der Waals surface area contributed by atoms with E-state index < -0.39 is 0 Å². The first-order valence-corrected chi connectivity index (χ1v) is 5.32. The van der Waals surface area contributed by atoms with E-state index in [0.29, 0.717) is 21.0 Å². The number of hydrazine groups is 1. The summed E-state index contributed by atoms with van der Waals surface area (Å²) in [6.07, 6.45) is 1.57.